The van der Waals surface area contributed by atoms with Crippen molar-refractivity contribution < 1.29 is 14.7 Å². The van der Waals surface area contributed by atoms with Gasteiger partial charge in [0, 0.05) is 30.4 Å². The highest BCUT2D eigenvalue weighted by Crippen LogP contribution is 2.27. The summed E-state index contributed by atoms with van der Waals surface area (Å²) in [7, 11) is 2.07. The Morgan fingerprint density at radius 2 is 2.16 bits per heavy atom. The van der Waals surface area contributed by atoms with Gasteiger partial charge in [0.2, 0.25) is 0 Å². The number of carbonyl (C=O) groups excluding carboxylic acids is 1. The second-order valence-corrected chi connectivity index (χ2v) is 5.37. The van der Waals surface area contributed by atoms with Crippen LogP contribution in [0.5, 0.6) is 0 Å². The molecule has 5 nitrogen and oxygen atoms in total. The van der Waals surface area contributed by atoms with Crippen LogP contribution in [-0.4, -0.2) is 45.5 Å². The lowest BCUT2D eigenvalue weighted by atomic mass is 10.2. The number of nitrogens with zero attached hydrogens (tertiary/aromatic N) is 2. The molecule has 1 aromatic rings. The molecule has 0 aromatic carbocycles. The average molecular weight is 264 g/mol. The molecule has 0 amide bonds. The van der Waals surface area contributed by atoms with Crippen LogP contribution in [-0.2, 0) is 6.54 Å². The summed E-state index contributed by atoms with van der Waals surface area (Å²) in [4.78, 5) is 24.8. The van der Waals surface area contributed by atoms with E-state index in [0.717, 1.165) is 0 Å². The van der Waals surface area contributed by atoms with E-state index in [1.807, 2.05) is 0 Å². The Morgan fingerprint density at radius 1 is 1.53 bits per heavy atom. The molecule has 1 atom stereocenters. The number of carboxylic acids is 1. The fourth-order valence-corrected chi connectivity index (χ4v) is 2.29. The first-order valence-corrected chi connectivity index (χ1v) is 6.56. The van der Waals surface area contributed by atoms with Crippen molar-refractivity contribution in [1.82, 2.24) is 9.47 Å². The minimum Gasteiger partial charge on any atom is -0.477 e. The summed E-state index contributed by atoms with van der Waals surface area (Å²) in [6.07, 6.45) is 4.08. The van der Waals surface area contributed by atoms with E-state index in [9.17, 15) is 14.7 Å². The SMILES string of the molecule is CC(=O)c1cc(C(=O)O)n(CC(C)N(C)C2CC2)c1. The smallest absolute Gasteiger partial charge is 0.352 e. The van der Waals surface area contributed by atoms with Crippen molar-refractivity contribution in [2.75, 3.05) is 7.05 Å². The maximum atomic E-state index is 11.4. The van der Waals surface area contributed by atoms with Crippen molar-refractivity contribution in [1.29, 1.82) is 0 Å². The molecule has 1 fully saturated rings. The molecule has 0 aliphatic heterocycles. The number of ketones is 1. The third-order valence-corrected chi connectivity index (χ3v) is 3.80. The number of aromatic carboxylic acids is 1. The van der Waals surface area contributed by atoms with Gasteiger partial charge in [-0.25, -0.2) is 4.79 Å². The fourth-order valence-electron chi connectivity index (χ4n) is 2.29. The molecule has 1 saturated carbocycles. The van der Waals surface area contributed by atoms with Gasteiger partial charge in [0.15, 0.2) is 5.78 Å². The van der Waals surface area contributed by atoms with Crippen molar-refractivity contribution in [2.24, 2.45) is 0 Å². The Morgan fingerprint density at radius 3 is 2.63 bits per heavy atom. The second-order valence-electron chi connectivity index (χ2n) is 5.37. The maximum Gasteiger partial charge on any atom is 0.352 e. The van der Waals surface area contributed by atoms with Gasteiger partial charge in [-0.3, -0.25) is 9.69 Å². The van der Waals surface area contributed by atoms with Crippen LogP contribution in [0.15, 0.2) is 12.3 Å². The quantitative estimate of drug-likeness (QED) is 0.797. The van der Waals surface area contributed by atoms with Crippen molar-refractivity contribution in [3.63, 3.8) is 0 Å². The summed E-state index contributed by atoms with van der Waals surface area (Å²) < 4.78 is 1.67. The van der Waals surface area contributed by atoms with Gasteiger partial charge >= 0.3 is 5.97 Å². The van der Waals surface area contributed by atoms with Crippen molar-refractivity contribution in [3.05, 3.63) is 23.5 Å². The van der Waals surface area contributed by atoms with Gasteiger partial charge in [-0.15, -0.1) is 0 Å². The van der Waals surface area contributed by atoms with Crippen LogP contribution in [0.1, 0.15) is 47.5 Å². The summed E-state index contributed by atoms with van der Waals surface area (Å²) >= 11 is 0. The normalized spacial score (nSPS) is 16.6. The minimum atomic E-state index is -0.992. The van der Waals surface area contributed by atoms with Crippen LogP contribution < -0.4 is 0 Å². The Kier molecular flexibility index (Phi) is 3.75. The number of hydrogen-bond donors (Lipinski definition) is 1. The molecule has 1 heterocycles. The van der Waals surface area contributed by atoms with Gasteiger partial charge in [-0.05, 0) is 39.8 Å². The van der Waals surface area contributed by atoms with E-state index in [2.05, 4.69) is 18.9 Å². The Bertz CT molecular complexity index is 503. The zero-order valence-corrected chi connectivity index (χ0v) is 11.6. The first kappa shape index (κ1) is 13.8. The van der Waals surface area contributed by atoms with Crippen LogP contribution in [0.4, 0.5) is 0 Å². The summed E-state index contributed by atoms with van der Waals surface area (Å²) in [5.41, 5.74) is 0.639. The van der Waals surface area contributed by atoms with E-state index in [-0.39, 0.29) is 17.5 Å². The first-order chi connectivity index (χ1) is 8.90. The predicted molar refractivity (Wildman–Crippen MR) is 71.6 cm³/mol. The van der Waals surface area contributed by atoms with E-state index in [0.29, 0.717) is 18.2 Å². The molecule has 0 bridgehead atoms. The number of hydrogen-bond acceptors (Lipinski definition) is 3. The van der Waals surface area contributed by atoms with Crippen LogP contribution >= 0.6 is 0 Å². The van der Waals surface area contributed by atoms with Gasteiger partial charge in [0.05, 0.1) is 0 Å². The second kappa shape index (κ2) is 5.17. The number of rotatable bonds is 6. The fraction of sp³-hybridized carbons (Fsp3) is 0.571. The lowest BCUT2D eigenvalue weighted by Crippen LogP contribution is -2.35. The van der Waals surface area contributed by atoms with Gasteiger partial charge in [-0.2, -0.15) is 0 Å². The molecular weight excluding hydrogens is 244 g/mol. The van der Waals surface area contributed by atoms with Gasteiger partial charge in [0.1, 0.15) is 5.69 Å². The molecule has 1 aliphatic rings. The highest BCUT2D eigenvalue weighted by Gasteiger charge is 2.29. The summed E-state index contributed by atoms with van der Waals surface area (Å²) in [6.45, 7) is 4.12. The molecule has 19 heavy (non-hydrogen) atoms. The predicted octanol–water partition coefficient (Wildman–Crippen LogP) is 1.87. The van der Waals surface area contributed by atoms with E-state index in [1.165, 1.54) is 25.8 Å². The van der Waals surface area contributed by atoms with Crippen LogP contribution in [0.2, 0.25) is 0 Å². The summed E-state index contributed by atoms with van der Waals surface area (Å²) in [5, 5.41) is 9.19. The zero-order valence-electron chi connectivity index (χ0n) is 11.6. The standard InChI is InChI=1S/C14H20N2O3/c1-9(15(3)12-4-5-12)7-16-8-11(10(2)17)6-13(16)14(18)19/h6,8-9,12H,4-5,7H2,1-3H3,(H,18,19). The first-order valence-electron chi connectivity index (χ1n) is 6.56. The average Bonchev–Trinajstić information content (AvgIpc) is 3.08. The van der Waals surface area contributed by atoms with Crippen LogP contribution in [0.25, 0.3) is 0 Å². The summed E-state index contributed by atoms with van der Waals surface area (Å²) in [5.74, 6) is -1.10. The topological polar surface area (TPSA) is 62.5 Å². The Hall–Kier alpha value is -1.62. The third kappa shape index (κ3) is 3.04. The number of likely N-dealkylation sites (N-methyl/N-ethyl adjacent to an activating group) is 1. The Balaban J connectivity index is 2.17. The van der Waals surface area contributed by atoms with Crippen molar-refractivity contribution in [3.8, 4) is 0 Å². The highest BCUT2D eigenvalue weighted by atomic mass is 16.4. The van der Waals surface area contributed by atoms with E-state index in [4.69, 9.17) is 0 Å². The molecule has 0 saturated heterocycles. The monoisotopic (exact) mass is 264 g/mol. The molecule has 5 heteroatoms. The minimum absolute atomic E-state index is 0.107. The number of carbonyl (C=O) groups is 2. The lowest BCUT2D eigenvalue weighted by Gasteiger charge is -2.25. The zero-order chi connectivity index (χ0) is 14.2. The van der Waals surface area contributed by atoms with Crippen molar-refractivity contribution >= 4 is 11.8 Å². The largest absolute Gasteiger partial charge is 0.477 e. The van der Waals surface area contributed by atoms with Gasteiger partial charge in [0.25, 0.3) is 0 Å². The molecule has 2 rings (SSSR count). The Labute approximate surface area is 112 Å². The molecule has 0 spiro atoms. The molecule has 1 unspecified atom stereocenters. The third-order valence-electron chi connectivity index (χ3n) is 3.80. The maximum absolute atomic E-state index is 11.4. The number of aromatic nitrogens is 1. The highest BCUT2D eigenvalue weighted by molar-refractivity contribution is 5.97. The molecule has 104 valence electrons. The molecule has 0 radical (unpaired) electrons. The van der Waals surface area contributed by atoms with E-state index in [1.54, 1.807) is 10.8 Å². The number of carboxylic acid groups (broad SMARTS) is 1. The van der Waals surface area contributed by atoms with E-state index < -0.39 is 5.97 Å². The van der Waals surface area contributed by atoms with Crippen LogP contribution in [0, 0.1) is 0 Å². The van der Waals surface area contributed by atoms with E-state index >= 15 is 0 Å². The molecule has 1 aromatic heterocycles. The number of Topliss-reactive ketones (excluding diaryl/α,β-unsaturated/α-hetero) is 1. The van der Waals surface area contributed by atoms with Crippen LogP contribution in [0.3, 0.4) is 0 Å². The van der Waals surface area contributed by atoms with Gasteiger partial charge < -0.3 is 9.67 Å². The lowest BCUT2D eigenvalue weighted by molar-refractivity contribution is 0.0682. The van der Waals surface area contributed by atoms with Crippen molar-refractivity contribution in [2.45, 2.75) is 45.3 Å². The molecule has 1 N–H and O–H groups in total. The van der Waals surface area contributed by atoms with Gasteiger partial charge in [-0.1, -0.05) is 0 Å². The molecular formula is C14H20N2O3. The molecule has 1 aliphatic carbocycles. The summed E-state index contributed by atoms with van der Waals surface area (Å²) in [6, 6.07) is 2.33.